The van der Waals surface area contributed by atoms with Gasteiger partial charge < -0.3 is 9.84 Å². The predicted molar refractivity (Wildman–Crippen MR) is 51.2 cm³/mol. The van der Waals surface area contributed by atoms with Gasteiger partial charge in [0, 0.05) is 5.02 Å². The number of hydrogen-bond donors (Lipinski definition) is 1. The monoisotopic (exact) mass is 198 g/mol. The first-order valence-corrected chi connectivity index (χ1v) is 4.74. The van der Waals surface area contributed by atoms with Gasteiger partial charge in [0.05, 0.1) is 13.2 Å². The molecule has 0 unspecified atom stereocenters. The maximum Gasteiger partial charge on any atom is 0.123 e. The second kappa shape index (κ2) is 3.56. The molecule has 13 heavy (non-hydrogen) atoms. The standard InChI is InChI=1S/C10H11ClO2/c11-9-5-10-7(2-1-3-13-10)4-8(9)6-12/h4-5,12H,1-3,6H2. The topological polar surface area (TPSA) is 29.5 Å². The molecule has 0 atom stereocenters. The first-order chi connectivity index (χ1) is 6.31. The highest BCUT2D eigenvalue weighted by Crippen LogP contribution is 2.30. The first kappa shape index (κ1) is 8.85. The van der Waals surface area contributed by atoms with Crippen LogP contribution < -0.4 is 4.74 Å². The van der Waals surface area contributed by atoms with Crippen molar-refractivity contribution < 1.29 is 9.84 Å². The summed E-state index contributed by atoms with van der Waals surface area (Å²) in [5, 5.41) is 9.58. The summed E-state index contributed by atoms with van der Waals surface area (Å²) < 4.78 is 5.44. The number of rotatable bonds is 1. The van der Waals surface area contributed by atoms with E-state index >= 15 is 0 Å². The lowest BCUT2D eigenvalue weighted by Gasteiger charge is -2.18. The fraction of sp³-hybridized carbons (Fsp3) is 0.400. The van der Waals surface area contributed by atoms with Gasteiger partial charge in [-0.2, -0.15) is 0 Å². The molecule has 0 radical (unpaired) electrons. The Balaban J connectivity index is 2.44. The van der Waals surface area contributed by atoms with E-state index in [0.717, 1.165) is 36.3 Å². The molecular weight excluding hydrogens is 188 g/mol. The zero-order valence-corrected chi connectivity index (χ0v) is 7.97. The molecule has 1 aliphatic heterocycles. The third kappa shape index (κ3) is 1.64. The summed E-state index contributed by atoms with van der Waals surface area (Å²) in [6, 6.07) is 3.72. The van der Waals surface area contributed by atoms with E-state index in [1.165, 1.54) is 0 Å². The van der Waals surface area contributed by atoms with Crippen molar-refractivity contribution in [3.05, 3.63) is 28.3 Å². The van der Waals surface area contributed by atoms with Crippen LogP contribution in [0.1, 0.15) is 17.5 Å². The molecule has 2 rings (SSSR count). The molecular formula is C10H11ClO2. The average Bonchev–Trinajstić information content (AvgIpc) is 2.17. The van der Waals surface area contributed by atoms with E-state index in [1.54, 1.807) is 6.07 Å². The van der Waals surface area contributed by atoms with Crippen molar-refractivity contribution in [2.24, 2.45) is 0 Å². The van der Waals surface area contributed by atoms with Crippen LogP contribution in [0.15, 0.2) is 12.1 Å². The van der Waals surface area contributed by atoms with Gasteiger partial charge in [0.15, 0.2) is 0 Å². The van der Waals surface area contributed by atoms with E-state index < -0.39 is 0 Å². The summed E-state index contributed by atoms with van der Waals surface area (Å²) in [6.45, 7) is 0.758. The summed E-state index contributed by atoms with van der Waals surface area (Å²) in [5.74, 6) is 0.869. The van der Waals surface area contributed by atoms with Crippen LogP contribution in [0.3, 0.4) is 0 Å². The molecule has 0 spiro atoms. The van der Waals surface area contributed by atoms with Crippen LogP contribution in [0, 0.1) is 0 Å². The van der Waals surface area contributed by atoms with Crippen LogP contribution in [0.5, 0.6) is 5.75 Å². The Labute approximate surface area is 82.1 Å². The SMILES string of the molecule is OCc1cc2c(cc1Cl)OCCC2. The van der Waals surface area contributed by atoms with Crippen LogP contribution >= 0.6 is 11.6 Å². The first-order valence-electron chi connectivity index (χ1n) is 4.36. The lowest BCUT2D eigenvalue weighted by Crippen LogP contribution is -2.08. The highest BCUT2D eigenvalue weighted by atomic mass is 35.5. The Hall–Kier alpha value is -0.730. The van der Waals surface area contributed by atoms with Gasteiger partial charge in [-0.05, 0) is 36.1 Å². The number of halogens is 1. The van der Waals surface area contributed by atoms with Crippen LogP contribution in [-0.4, -0.2) is 11.7 Å². The smallest absolute Gasteiger partial charge is 0.123 e. The Kier molecular flexibility index (Phi) is 2.42. The molecule has 1 aliphatic rings. The van der Waals surface area contributed by atoms with E-state index in [4.69, 9.17) is 21.4 Å². The lowest BCUT2D eigenvalue weighted by molar-refractivity contribution is 0.277. The third-order valence-electron chi connectivity index (χ3n) is 2.25. The number of benzene rings is 1. The van der Waals surface area contributed by atoms with Crippen molar-refractivity contribution in [1.29, 1.82) is 0 Å². The predicted octanol–water partition coefficient (Wildman–Crippen LogP) is 2.16. The van der Waals surface area contributed by atoms with Crippen LogP contribution in [0.4, 0.5) is 0 Å². The van der Waals surface area contributed by atoms with Gasteiger partial charge in [-0.15, -0.1) is 0 Å². The zero-order valence-electron chi connectivity index (χ0n) is 7.22. The van der Waals surface area contributed by atoms with E-state index in [9.17, 15) is 0 Å². The Bertz CT molecular complexity index is 323. The molecule has 3 heteroatoms. The number of ether oxygens (including phenoxy) is 1. The van der Waals surface area contributed by atoms with E-state index in [1.807, 2.05) is 6.07 Å². The van der Waals surface area contributed by atoms with Gasteiger partial charge in [0.25, 0.3) is 0 Å². The minimum Gasteiger partial charge on any atom is -0.493 e. The minimum absolute atomic E-state index is 0.00782. The summed E-state index contributed by atoms with van der Waals surface area (Å²) in [4.78, 5) is 0. The van der Waals surface area contributed by atoms with Crippen LogP contribution in [0.2, 0.25) is 5.02 Å². The molecule has 1 N–H and O–H groups in total. The number of aliphatic hydroxyl groups is 1. The highest BCUT2D eigenvalue weighted by molar-refractivity contribution is 6.31. The molecule has 70 valence electrons. The maximum atomic E-state index is 8.99. The summed E-state index contributed by atoms with van der Waals surface area (Å²) in [5.41, 5.74) is 1.94. The number of hydrogen-bond acceptors (Lipinski definition) is 2. The van der Waals surface area contributed by atoms with Gasteiger partial charge in [0.2, 0.25) is 0 Å². The minimum atomic E-state index is -0.00782. The van der Waals surface area contributed by atoms with Crippen LogP contribution in [0.25, 0.3) is 0 Å². The van der Waals surface area contributed by atoms with Gasteiger partial charge >= 0.3 is 0 Å². The molecule has 2 nitrogen and oxygen atoms in total. The van der Waals surface area contributed by atoms with Crippen molar-refractivity contribution in [2.75, 3.05) is 6.61 Å². The molecule has 1 aromatic rings. The van der Waals surface area contributed by atoms with Crippen molar-refractivity contribution in [3.63, 3.8) is 0 Å². The fourth-order valence-electron chi connectivity index (χ4n) is 1.55. The molecule has 0 saturated carbocycles. The van der Waals surface area contributed by atoms with Crippen molar-refractivity contribution in [1.82, 2.24) is 0 Å². The fourth-order valence-corrected chi connectivity index (χ4v) is 1.76. The second-order valence-corrected chi connectivity index (χ2v) is 3.57. The molecule has 0 amide bonds. The number of aliphatic hydroxyl groups excluding tert-OH is 1. The second-order valence-electron chi connectivity index (χ2n) is 3.16. The third-order valence-corrected chi connectivity index (χ3v) is 2.60. The Morgan fingerprint density at radius 3 is 3.08 bits per heavy atom. The molecule has 0 aromatic heterocycles. The van der Waals surface area contributed by atoms with Gasteiger partial charge in [-0.25, -0.2) is 0 Å². The molecule has 0 aliphatic carbocycles. The molecule has 1 aromatic carbocycles. The van der Waals surface area contributed by atoms with Gasteiger partial charge in [-0.1, -0.05) is 11.6 Å². The normalized spacial score (nSPS) is 14.9. The van der Waals surface area contributed by atoms with Crippen molar-refractivity contribution >= 4 is 11.6 Å². The van der Waals surface area contributed by atoms with E-state index in [-0.39, 0.29) is 6.61 Å². The molecule has 1 heterocycles. The average molecular weight is 199 g/mol. The maximum absolute atomic E-state index is 8.99. The summed E-state index contributed by atoms with van der Waals surface area (Å²) in [7, 11) is 0. The highest BCUT2D eigenvalue weighted by Gasteiger charge is 2.12. The Morgan fingerprint density at radius 2 is 2.31 bits per heavy atom. The largest absolute Gasteiger partial charge is 0.493 e. The number of aryl methyl sites for hydroxylation is 1. The van der Waals surface area contributed by atoms with Gasteiger partial charge in [-0.3, -0.25) is 0 Å². The van der Waals surface area contributed by atoms with Crippen LogP contribution in [-0.2, 0) is 13.0 Å². The molecule has 0 bridgehead atoms. The quantitative estimate of drug-likeness (QED) is 0.750. The molecule has 0 fully saturated rings. The zero-order chi connectivity index (χ0) is 9.26. The molecule has 0 saturated heterocycles. The van der Waals surface area contributed by atoms with Crippen molar-refractivity contribution in [2.45, 2.75) is 19.4 Å². The number of fused-ring (bicyclic) bond motifs is 1. The lowest BCUT2D eigenvalue weighted by atomic mass is 10.0. The van der Waals surface area contributed by atoms with Crippen molar-refractivity contribution in [3.8, 4) is 5.75 Å². The van der Waals surface area contributed by atoms with Gasteiger partial charge in [0.1, 0.15) is 5.75 Å². The van der Waals surface area contributed by atoms with E-state index in [2.05, 4.69) is 0 Å². The summed E-state index contributed by atoms with van der Waals surface area (Å²) in [6.07, 6.45) is 2.05. The Morgan fingerprint density at radius 1 is 1.46 bits per heavy atom. The summed E-state index contributed by atoms with van der Waals surface area (Å²) >= 11 is 5.92. The van der Waals surface area contributed by atoms with E-state index in [0.29, 0.717) is 5.02 Å².